The molecule has 0 unspecified atom stereocenters. The second-order valence-corrected chi connectivity index (χ2v) is 7.51. The van der Waals surface area contributed by atoms with Crippen LogP contribution in [0.3, 0.4) is 0 Å². The van der Waals surface area contributed by atoms with E-state index in [9.17, 15) is 0 Å². The van der Waals surface area contributed by atoms with Crippen molar-refractivity contribution in [2.24, 2.45) is 5.11 Å². The Morgan fingerprint density at radius 1 is 0.697 bits per heavy atom. The molecule has 4 aromatic carbocycles. The van der Waals surface area contributed by atoms with Crippen molar-refractivity contribution in [3.05, 3.63) is 159 Å². The molecule has 4 aromatic rings. The van der Waals surface area contributed by atoms with Crippen LogP contribution in [-0.4, -0.2) is 0 Å². The third kappa shape index (κ3) is 5.20. The minimum Gasteiger partial charge on any atom is -0.116 e. The summed E-state index contributed by atoms with van der Waals surface area (Å²) in [5.74, 6) is 0. The van der Waals surface area contributed by atoms with Gasteiger partial charge < -0.3 is 0 Å². The van der Waals surface area contributed by atoms with Gasteiger partial charge in [0, 0.05) is 16.2 Å². The van der Waals surface area contributed by atoms with Crippen molar-refractivity contribution in [2.45, 2.75) is 6.92 Å². The summed E-state index contributed by atoms with van der Waals surface area (Å²) in [6.45, 7) is 2.07. The number of rotatable bonds is 6. The second kappa shape index (κ2) is 10.7. The van der Waals surface area contributed by atoms with Crippen molar-refractivity contribution in [2.75, 3.05) is 0 Å². The van der Waals surface area contributed by atoms with Gasteiger partial charge in [-0.05, 0) is 51.9 Å². The lowest BCUT2D eigenvalue weighted by Gasteiger charge is -2.17. The number of allylic oxidation sites excluding steroid dienone is 2. The van der Waals surface area contributed by atoms with Crippen molar-refractivity contribution in [3.8, 4) is 0 Å². The van der Waals surface area contributed by atoms with Crippen molar-refractivity contribution in [1.82, 2.24) is 0 Å². The zero-order chi connectivity index (χ0) is 22.9. The first-order valence-electron chi connectivity index (χ1n) is 10.8. The molecule has 0 aliphatic rings. The summed E-state index contributed by atoms with van der Waals surface area (Å²) in [7, 11) is 0. The first kappa shape index (κ1) is 21.7. The fourth-order valence-corrected chi connectivity index (χ4v) is 3.83. The molecule has 158 valence electrons. The predicted octanol–water partition coefficient (Wildman–Crippen LogP) is 8.85. The van der Waals surface area contributed by atoms with Gasteiger partial charge in [0.2, 0.25) is 0 Å². The fraction of sp³-hybridized carbons (Fsp3) is 0.0333. The maximum Gasteiger partial charge on any atom is 0.0453 e. The number of hydrogen-bond donors (Lipinski definition) is 0. The lowest BCUT2D eigenvalue weighted by atomic mass is 9.86. The molecule has 0 aromatic heterocycles. The van der Waals surface area contributed by atoms with Gasteiger partial charge in [-0.3, -0.25) is 0 Å². The van der Waals surface area contributed by atoms with Crippen LogP contribution in [0.15, 0.2) is 132 Å². The van der Waals surface area contributed by atoms with Crippen LogP contribution in [0.25, 0.3) is 27.7 Å². The number of nitrogens with zero attached hydrogens (tertiary/aromatic N) is 3. The Morgan fingerprint density at radius 2 is 1.18 bits per heavy atom. The average molecular weight is 426 g/mol. The quantitative estimate of drug-likeness (QED) is 0.0740. The highest BCUT2D eigenvalue weighted by Crippen LogP contribution is 2.36. The molecule has 0 saturated carbocycles. The van der Waals surface area contributed by atoms with E-state index in [1.165, 1.54) is 0 Å². The van der Waals surface area contributed by atoms with E-state index < -0.39 is 0 Å². The highest BCUT2D eigenvalue weighted by molar-refractivity contribution is 6.04. The van der Waals surface area contributed by atoms with Crippen molar-refractivity contribution >= 4 is 22.9 Å². The summed E-state index contributed by atoms with van der Waals surface area (Å²) in [6, 6.07) is 38.7. The summed E-state index contributed by atoms with van der Waals surface area (Å²) in [5, 5.41) is 3.81. The van der Waals surface area contributed by atoms with Gasteiger partial charge in [-0.25, -0.2) is 0 Å². The molecule has 0 N–H and O–H groups in total. The second-order valence-electron chi connectivity index (χ2n) is 7.51. The molecule has 0 bridgehead atoms. The lowest BCUT2D eigenvalue weighted by molar-refractivity contribution is 1.45. The molecule has 0 fully saturated rings. The predicted molar refractivity (Wildman–Crippen MR) is 138 cm³/mol. The molecule has 3 nitrogen and oxygen atoms in total. The van der Waals surface area contributed by atoms with Crippen molar-refractivity contribution in [1.29, 1.82) is 0 Å². The molecular formula is C30H23N3. The summed E-state index contributed by atoms with van der Waals surface area (Å²) in [4.78, 5) is 2.95. The molecule has 0 atom stereocenters. The summed E-state index contributed by atoms with van der Waals surface area (Å²) < 4.78 is 0. The SMILES string of the molecule is CC(=C=Cc1ccccc1N=[N+]=[N-])C(=C(c1ccccc1)c1ccccc1)c1ccccc1. The number of azide groups is 1. The van der Waals surface area contributed by atoms with E-state index in [-0.39, 0.29) is 0 Å². The molecule has 33 heavy (non-hydrogen) atoms. The highest BCUT2D eigenvalue weighted by Gasteiger charge is 2.15. The van der Waals surface area contributed by atoms with Crippen LogP contribution in [0.5, 0.6) is 0 Å². The average Bonchev–Trinajstić information content (AvgIpc) is 2.88. The highest BCUT2D eigenvalue weighted by atomic mass is 15.1. The van der Waals surface area contributed by atoms with Crippen molar-refractivity contribution in [3.63, 3.8) is 0 Å². The monoisotopic (exact) mass is 425 g/mol. The van der Waals surface area contributed by atoms with Gasteiger partial charge in [-0.15, -0.1) is 5.73 Å². The molecule has 0 spiro atoms. The third-order valence-electron chi connectivity index (χ3n) is 5.35. The van der Waals surface area contributed by atoms with Gasteiger partial charge in [-0.1, -0.05) is 120 Å². The topological polar surface area (TPSA) is 48.8 Å². The Bertz CT molecular complexity index is 1330. The van der Waals surface area contributed by atoms with Gasteiger partial charge >= 0.3 is 0 Å². The fourth-order valence-electron chi connectivity index (χ4n) is 3.83. The van der Waals surface area contributed by atoms with Gasteiger partial charge in [0.05, 0.1) is 0 Å². The van der Waals surface area contributed by atoms with E-state index >= 15 is 0 Å². The number of benzene rings is 4. The summed E-state index contributed by atoms with van der Waals surface area (Å²) >= 11 is 0. The summed E-state index contributed by atoms with van der Waals surface area (Å²) in [6.07, 6.45) is 1.88. The zero-order valence-electron chi connectivity index (χ0n) is 18.4. The normalized spacial score (nSPS) is 9.85. The summed E-state index contributed by atoms with van der Waals surface area (Å²) in [5.41, 5.74) is 20.4. The zero-order valence-corrected chi connectivity index (χ0v) is 18.4. The first-order chi connectivity index (χ1) is 16.3. The van der Waals surface area contributed by atoms with E-state index in [1.54, 1.807) is 6.07 Å². The molecule has 4 rings (SSSR count). The van der Waals surface area contributed by atoms with Crippen LogP contribution in [0.1, 0.15) is 29.2 Å². The first-order valence-corrected chi connectivity index (χ1v) is 10.8. The van der Waals surface area contributed by atoms with Crippen LogP contribution >= 0.6 is 0 Å². The van der Waals surface area contributed by atoms with Crippen LogP contribution in [0.2, 0.25) is 0 Å². The molecule has 0 amide bonds. The molecule has 0 aliphatic heterocycles. The molecule has 0 saturated heterocycles. The molecular weight excluding hydrogens is 402 g/mol. The standard InChI is InChI=1S/C30H23N3/c1-23(21-22-24-13-11-12-20-28(24)32-33-31)29(25-14-5-2-6-15-25)30(26-16-7-3-8-17-26)27-18-9-4-10-19-27/h2-20,22H,1H3. The lowest BCUT2D eigenvalue weighted by Crippen LogP contribution is -1.96. The van der Waals surface area contributed by atoms with E-state index in [0.29, 0.717) is 5.69 Å². The van der Waals surface area contributed by atoms with E-state index in [2.05, 4.69) is 95.5 Å². The van der Waals surface area contributed by atoms with Gasteiger partial charge in [-0.2, -0.15) is 0 Å². The van der Waals surface area contributed by atoms with Gasteiger partial charge in [0.1, 0.15) is 0 Å². The maximum absolute atomic E-state index is 8.89. The molecule has 0 aliphatic carbocycles. The molecule has 0 radical (unpaired) electrons. The minimum absolute atomic E-state index is 0.580. The Morgan fingerprint density at radius 3 is 1.73 bits per heavy atom. The third-order valence-corrected chi connectivity index (χ3v) is 5.35. The Balaban J connectivity index is 2.01. The maximum atomic E-state index is 8.89. The van der Waals surface area contributed by atoms with Crippen LogP contribution in [-0.2, 0) is 0 Å². The van der Waals surface area contributed by atoms with E-state index in [0.717, 1.165) is 39.0 Å². The van der Waals surface area contributed by atoms with Crippen LogP contribution in [0, 0.1) is 0 Å². The van der Waals surface area contributed by atoms with Gasteiger partial charge in [0.25, 0.3) is 0 Å². The van der Waals surface area contributed by atoms with E-state index in [1.807, 2.05) is 42.5 Å². The Labute approximate surface area is 194 Å². The van der Waals surface area contributed by atoms with Crippen LogP contribution in [0.4, 0.5) is 5.69 Å². The van der Waals surface area contributed by atoms with Crippen molar-refractivity contribution < 1.29 is 0 Å². The van der Waals surface area contributed by atoms with Crippen LogP contribution < -0.4 is 0 Å². The molecule has 3 heteroatoms. The van der Waals surface area contributed by atoms with Gasteiger partial charge in [0.15, 0.2) is 0 Å². The Hall–Kier alpha value is -4.55. The largest absolute Gasteiger partial charge is 0.116 e. The van der Waals surface area contributed by atoms with E-state index in [4.69, 9.17) is 5.53 Å². The minimum atomic E-state index is 0.580. The Kier molecular flexibility index (Phi) is 7.00. The number of hydrogen-bond acceptors (Lipinski definition) is 1. The molecule has 0 heterocycles. The smallest absolute Gasteiger partial charge is 0.0453 e.